The summed E-state index contributed by atoms with van der Waals surface area (Å²) in [5, 5.41) is 18.2. The summed E-state index contributed by atoms with van der Waals surface area (Å²) in [5.74, 6) is -1.82. The van der Waals surface area contributed by atoms with Crippen LogP contribution in [0.25, 0.3) is 6.08 Å². The predicted molar refractivity (Wildman–Crippen MR) is 154 cm³/mol. The number of likely N-dealkylation sites (tertiary alicyclic amines) is 1. The van der Waals surface area contributed by atoms with E-state index in [-0.39, 0.29) is 23.3 Å². The number of nitrogens with zero attached hydrogens (tertiary/aromatic N) is 3. The molecule has 0 saturated carbocycles. The number of hydrazine groups is 2. The molecule has 2 unspecified atom stereocenters. The molecule has 0 spiro atoms. The first-order valence-electron chi connectivity index (χ1n) is 13.0. The Labute approximate surface area is 236 Å². The highest BCUT2D eigenvalue weighted by Gasteiger charge is 2.40. The molecule has 10 nitrogen and oxygen atoms in total. The van der Waals surface area contributed by atoms with Crippen molar-refractivity contribution in [2.75, 3.05) is 16.9 Å². The van der Waals surface area contributed by atoms with Gasteiger partial charge in [-0.1, -0.05) is 29.8 Å². The van der Waals surface area contributed by atoms with Crippen molar-refractivity contribution < 1.29 is 19.5 Å². The van der Waals surface area contributed by atoms with Gasteiger partial charge in [0.05, 0.1) is 11.3 Å². The van der Waals surface area contributed by atoms with Crippen molar-refractivity contribution >= 4 is 53.2 Å². The second-order valence-electron chi connectivity index (χ2n) is 9.66. The van der Waals surface area contributed by atoms with E-state index in [1.54, 1.807) is 46.6 Å². The lowest BCUT2D eigenvalue weighted by atomic mass is 9.80. The lowest BCUT2D eigenvalue weighted by Gasteiger charge is -2.41. The molecule has 1 aliphatic carbocycles. The minimum Gasteiger partial charge on any atom is -0.478 e. The largest absolute Gasteiger partial charge is 0.478 e. The summed E-state index contributed by atoms with van der Waals surface area (Å²) in [7, 11) is 0. The second-order valence-corrected chi connectivity index (χ2v) is 10.1. The number of carbonyl (C=O) groups is 3. The Kier molecular flexibility index (Phi) is 8.28. The van der Waals surface area contributed by atoms with Gasteiger partial charge in [0.15, 0.2) is 0 Å². The van der Waals surface area contributed by atoms with Gasteiger partial charge in [0.1, 0.15) is 12.4 Å². The van der Waals surface area contributed by atoms with Crippen LogP contribution in [0, 0.1) is 5.92 Å². The standard InChI is InChI=1S/C29H29ClN6O4/c30-22-11-14-25(36-18-31-33-34-36)21(17-22)10-15-26(37)35-16-4-7-24(19-5-2-1-3-6-19)27(35)28(38)32-23-12-8-20(9-13-23)29(39)40/h2,5-6,8-15,17-18,24,27,33-34H,1,3-4,7,16H2,(H,32,38)(H,39,40). The van der Waals surface area contributed by atoms with E-state index < -0.39 is 12.0 Å². The Balaban J connectivity index is 1.42. The number of carboxylic acids is 1. The molecule has 2 aromatic rings. The maximum Gasteiger partial charge on any atom is 0.335 e. The first-order valence-corrected chi connectivity index (χ1v) is 13.4. The number of allylic oxidation sites excluding steroid dienone is 3. The lowest BCUT2D eigenvalue weighted by Crippen LogP contribution is -2.54. The fraction of sp³-hybridized carbons (Fsp3) is 0.241. The van der Waals surface area contributed by atoms with Gasteiger partial charge < -0.3 is 15.3 Å². The third-order valence-electron chi connectivity index (χ3n) is 7.10. The monoisotopic (exact) mass is 560 g/mol. The van der Waals surface area contributed by atoms with Crippen molar-refractivity contribution in [1.82, 2.24) is 16.0 Å². The number of amides is 2. The molecule has 0 bridgehead atoms. The molecular formula is C29H29ClN6O4. The number of benzene rings is 2. The number of nitrogens with one attached hydrogen (secondary N) is 3. The minimum atomic E-state index is -1.04. The maximum atomic E-state index is 13.8. The average Bonchev–Trinajstić information content (AvgIpc) is 3.51. The molecule has 40 heavy (non-hydrogen) atoms. The summed E-state index contributed by atoms with van der Waals surface area (Å²) in [5.41, 5.74) is 8.58. The molecule has 2 amide bonds. The molecule has 2 heterocycles. The maximum absolute atomic E-state index is 13.8. The van der Waals surface area contributed by atoms with E-state index in [0.29, 0.717) is 22.8 Å². The van der Waals surface area contributed by atoms with Crippen LogP contribution in [-0.2, 0) is 9.59 Å². The number of aromatic carboxylic acids is 1. The van der Waals surface area contributed by atoms with Crippen LogP contribution in [0.2, 0.25) is 5.02 Å². The van der Waals surface area contributed by atoms with Gasteiger partial charge in [-0.2, -0.15) is 5.10 Å². The zero-order chi connectivity index (χ0) is 28.1. The van der Waals surface area contributed by atoms with Crippen molar-refractivity contribution in [3.8, 4) is 0 Å². The van der Waals surface area contributed by atoms with E-state index >= 15 is 0 Å². The van der Waals surface area contributed by atoms with Crippen LogP contribution in [0.3, 0.4) is 0 Å². The third-order valence-corrected chi connectivity index (χ3v) is 7.33. The summed E-state index contributed by atoms with van der Waals surface area (Å²) < 4.78 is 0. The van der Waals surface area contributed by atoms with Gasteiger partial charge in [-0.05, 0) is 79.8 Å². The van der Waals surface area contributed by atoms with E-state index in [9.17, 15) is 19.5 Å². The number of anilines is 2. The number of halogens is 1. The van der Waals surface area contributed by atoms with E-state index in [0.717, 1.165) is 36.9 Å². The number of carbonyl (C=O) groups excluding carboxylic acids is 2. The van der Waals surface area contributed by atoms with Crippen molar-refractivity contribution in [2.45, 2.75) is 31.7 Å². The molecule has 4 N–H and O–H groups in total. The topological polar surface area (TPSA) is 126 Å². The first kappa shape index (κ1) is 27.2. The van der Waals surface area contributed by atoms with Crippen molar-refractivity contribution in [3.05, 3.63) is 88.5 Å². The van der Waals surface area contributed by atoms with Crippen LogP contribution in [-0.4, -0.2) is 46.7 Å². The van der Waals surface area contributed by atoms with E-state index in [1.165, 1.54) is 18.2 Å². The van der Waals surface area contributed by atoms with E-state index in [2.05, 4.69) is 39.7 Å². The van der Waals surface area contributed by atoms with Gasteiger partial charge in [0.25, 0.3) is 0 Å². The van der Waals surface area contributed by atoms with Crippen LogP contribution in [0.4, 0.5) is 11.4 Å². The smallest absolute Gasteiger partial charge is 0.335 e. The van der Waals surface area contributed by atoms with Gasteiger partial charge in [-0.15, -0.1) is 5.53 Å². The van der Waals surface area contributed by atoms with Gasteiger partial charge in [-0.25, -0.2) is 15.3 Å². The Bertz CT molecular complexity index is 1420. The van der Waals surface area contributed by atoms with Gasteiger partial charge >= 0.3 is 5.97 Å². The Morgan fingerprint density at radius 1 is 1.12 bits per heavy atom. The van der Waals surface area contributed by atoms with Gasteiger partial charge in [0.2, 0.25) is 11.8 Å². The summed E-state index contributed by atoms with van der Waals surface area (Å²) >= 11 is 6.25. The zero-order valence-corrected chi connectivity index (χ0v) is 22.3. The molecule has 1 fully saturated rings. The van der Waals surface area contributed by atoms with Crippen LogP contribution in [0.1, 0.15) is 41.6 Å². The van der Waals surface area contributed by atoms with Crippen molar-refractivity contribution in [2.24, 2.45) is 11.0 Å². The summed E-state index contributed by atoms with van der Waals surface area (Å²) in [6.07, 6.45) is 14.4. The predicted octanol–water partition coefficient (Wildman–Crippen LogP) is 4.35. The highest BCUT2D eigenvalue weighted by molar-refractivity contribution is 6.30. The molecule has 0 radical (unpaired) electrons. The van der Waals surface area contributed by atoms with Crippen LogP contribution in [0.15, 0.2) is 77.4 Å². The van der Waals surface area contributed by atoms with Gasteiger partial charge in [-0.3, -0.25) is 9.59 Å². The Morgan fingerprint density at radius 3 is 2.65 bits per heavy atom. The fourth-order valence-corrected chi connectivity index (χ4v) is 5.37. The number of rotatable bonds is 7. The second kappa shape index (κ2) is 12.2. The zero-order valence-electron chi connectivity index (χ0n) is 21.6. The number of piperidine rings is 1. The molecule has 5 rings (SSSR count). The summed E-state index contributed by atoms with van der Waals surface area (Å²) in [6.45, 7) is 0.430. The molecule has 11 heteroatoms. The third kappa shape index (κ3) is 6.08. The highest BCUT2D eigenvalue weighted by Crippen LogP contribution is 2.34. The summed E-state index contributed by atoms with van der Waals surface area (Å²) in [6, 6.07) is 10.5. The summed E-state index contributed by atoms with van der Waals surface area (Å²) in [4.78, 5) is 40.3. The molecule has 2 aromatic carbocycles. The Hall–Kier alpha value is -4.41. The van der Waals surface area contributed by atoms with Crippen LogP contribution < -0.4 is 21.4 Å². The number of hydrogen-bond donors (Lipinski definition) is 4. The number of carboxylic acid groups (broad SMARTS) is 1. The molecule has 3 aliphatic rings. The van der Waals surface area contributed by atoms with Crippen molar-refractivity contribution in [1.29, 1.82) is 0 Å². The van der Waals surface area contributed by atoms with E-state index in [4.69, 9.17) is 11.6 Å². The van der Waals surface area contributed by atoms with Crippen LogP contribution in [0.5, 0.6) is 0 Å². The minimum absolute atomic E-state index is 0.125. The Morgan fingerprint density at radius 2 is 1.95 bits per heavy atom. The number of hydrazone groups is 1. The first-order chi connectivity index (χ1) is 19.4. The van der Waals surface area contributed by atoms with Crippen molar-refractivity contribution in [3.63, 3.8) is 0 Å². The molecule has 1 saturated heterocycles. The van der Waals surface area contributed by atoms with Gasteiger partial charge in [0, 0.05) is 34.8 Å². The van der Waals surface area contributed by atoms with Crippen LogP contribution >= 0.6 is 11.6 Å². The SMILES string of the molecule is O=C(O)c1ccc(NC(=O)C2C(C3=CCCC=C3)CCCN2C(=O)C=Cc2cc(Cl)ccc2N2C=NNN2)cc1. The molecule has 2 aliphatic heterocycles. The fourth-order valence-electron chi connectivity index (χ4n) is 5.19. The molecule has 206 valence electrons. The normalized spacial score (nSPS) is 20.4. The quantitative estimate of drug-likeness (QED) is 0.371. The highest BCUT2D eigenvalue weighted by atomic mass is 35.5. The molecular weight excluding hydrogens is 532 g/mol. The average molecular weight is 561 g/mol. The van der Waals surface area contributed by atoms with E-state index in [1.807, 2.05) is 6.07 Å². The number of hydrogen-bond acceptors (Lipinski definition) is 7. The molecule has 2 atom stereocenters. The lowest BCUT2D eigenvalue weighted by molar-refractivity contribution is -0.138. The molecule has 0 aromatic heterocycles.